The first-order valence-corrected chi connectivity index (χ1v) is 6.54. The van der Waals surface area contributed by atoms with Crippen LogP contribution in [0.15, 0.2) is 18.2 Å². The summed E-state index contributed by atoms with van der Waals surface area (Å²) in [6.45, 7) is 1.94. The molecule has 4 N–H and O–H groups in total. The molecule has 1 aromatic carbocycles. The molecular weight excluding hydrogens is 236 g/mol. The van der Waals surface area contributed by atoms with Crippen LogP contribution in [0.5, 0.6) is 5.75 Å². The number of nitrogens with two attached hydrogens (primary N) is 1. The minimum atomic E-state index is -0.377. The van der Waals surface area contributed by atoms with Gasteiger partial charge in [-0.25, -0.2) is 0 Å². The van der Waals surface area contributed by atoms with Crippen LogP contribution in [0.4, 0.5) is 11.4 Å². The number of phenolic OH excluding ortho intramolecular Hbond substituents is 1. The van der Waals surface area contributed by atoms with E-state index in [-0.39, 0.29) is 16.4 Å². The number of amides is 1. The fourth-order valence-electron chi connectivity index (χ4n) is 1.87. The van der Waals surface area contributed by atoms with E-state index in [1.54, 1.807) is 17.8 Å². The molecule has 0 aromatic heterocycles. The van der Waals surface area contributed by atoms with Gasteiger partial charge in [0.2, 0.25) is 5.91 Å². The molecule has 0 bridgehead atoms. The number of nitrogen functional groups attached to an aromatic ring is 1. The molecule has 4 nitrogen and oxygen atoms in total. The SMILES string of the molecule is CC1(C(=O)Nc2cc(O)ccc2N)CCCS1. The van der Waals surface area contributed by atoms with Gasteiger partial charge in [-0.05, 0) is 37.7 Å². The average Bonchev–Trinajstić information content (AvgIpc) is 2.72. The lowest BCUT2D eigenvalue weighted by molar-refractivity contribution is -0.118. The number of carbonyl (C=O) groups excluding carboxylic acids is 1. The number of aromatic hydroxyl groups is 1. The van der Waals surface area contributed by atoms with E-state index in [0.717, 1.165) is 18.6 Å². The van der Waals surface area contributed by atoms with Gasteiger partial charge >= 0.3 is 0 Å². The number of hydrogen-bond donors (Lipinski definition) is 3. The summed E-state index contributed by atoms with van der Waals surface area (Å²) in [4.78, 5) is 12.1. The van der Waals surface area contributed by atoms with Crippen LogP contribution in [-0.2, 0) is 4.79 Å². The molecule has 0 spiro atoms. The molecule has 0 aliphatic carbocycles. The summed E-state index contributed by atoms with van der Waals surface area (Å²) < 4.78 is -0.377. The third kappa shape index (κ3) is 2.49. The maximum Gasteiger partial charge on any atom is 0.240 e. The fraction of sp³-hybridized carbons (Fsp3) is 0.417. The standard InChI is InChI=1S/C12H16N2O2S/c1-12(5-2-6-17-12)11(16)14-10-7-8(15)3-4-9(10)13/h3-4,7,15H,2,5-6,13H2,1H3,(H,14,16). The number of nitrogens with one attached hydrogen (secondary N) is 1. The molecule has 1 aliphatic heterocycles. The summed E-state index contributed by atoms with van der Waals surface area (Å²) in [6, 6.07) is 4.54. The van der Waals surface area contributed by atoms with Gasteiger partial charge in [-0.3, -0.25) is 4.79 Å². The lowest BCUT2D eigenvalue weighted by atomic mass is 10.0. The number of thioether (sulfide) groups is 1. The molecule has 1 aromatic rings. The Morgan fingerprint density at radius 2 is 2.35 bits per heavy atom. The third-order valence-corrected chi connectivity index (χ3v) is 4.50. The summed E-state index contributed by atoms with van der Waals surface area (Å²) in [5.74, 6) is 1.07. The minimum Gasteiger partial charge on any atom is -0.508 e. The number of carbonyl (C=O) groups is 1. The maximum absolute atomic E-state index is 12.1. The molecular formula is C12H16N2O2S. The van der Waals surface area contributed by atoms with Gasteiger partial charge < -0.3 is 16.2 Å². The summed E-state index contributed by atoms with van der Waals surface area (Å²) in [5, 5.41) is 12.2. The highest BCUT2D eigenvalue weighted by Crippen LogP contribution is 2.39. The Labute approximate surface area is 105 Å². The van der Waals surface area contributed by atoms with Gasteiger partial charge in [0.25, 0.3) is 0 Å². The lowest BCUT2D eigenvalue weighted by Crippen LogP contribution is -2.34. The van der Waals surface area contributed by atoms with Crippen molar-refractivity contribution in [2.24, 2.45) is 0 Å². The molecule has 0 radical (unpaired) electrons. The van der Waals surface area contributed by atoms with Gasteiger partial charge in [-0.15, -0.1) is 11.8 Å². The van der Waals surface area contributed by atoms with Crippen molar-refractivity contribution in [2.75, 3.05) is 16.8 Å². The first-order valence-electron chi connectivity index (χ1n) is 5.55. The number of hydrogen-bond acceptors (Lipinski definition) is 4. The van der Waals surface area contributed by atoms with Crippen molar-refractivity contribution in [1.29, 1.82) is 0 Å². The van der Waals surface area contributed by atoms with Crippen LogP contribution in [0.25, 0.3) is 0 Å². The highest BCUT2D eigenvalue weighted by molar-refractivity contribution is 8.01. The maximum atomic E-state index is 12.1. The predicted molar refractivity (Wildman–Crippen MR) is 71.2 cm³/mol. The zero-order valence-corrected chi connectivity index (χ0v) is 10.5. The van der Waals surface area contributed by atoms with Gasteiger partial charge in [0.1, 0.15) is 5.75 Å². The Kier molecular flexibility index (Phi) is 3.19. The Bertz CT molecular complexity index is 442. The highest BCUT2D eigenvalue weighted by atomic mass is 32.2. The minimum absolute atomic E-state index is 0.0442. The van der Waals surface area contributed by atoms with Crippen molar-refractivity contribution in [3.05, 3.63) is 18.2 Å². The van der Waals surface area contributed by atoms with Crippen LogP contribution in [0.2, 0.25) is 0 Å². The topological polar surface area (TPSA) is 75.3 Å². The second kappa shape index (κ2) is 4.49. The van der Waals surface area contributed by atoms with E-state index in [0.29, 0.717) is 11.4 Å². The van der Waals surface area contributed by atoms with Gasteiger partial charge in [-0.1, -0.05) is 0 Å². The molecule has 92 valence electrons. The molecule has 1 atom stereocenters. The molecule has 5 heteroatoms. The zero-order chi connectivity index (χ0) is 12.5. The second-order valence-electron chi connectivity index (χ2n) is 4.41. The fourth-order valence-corrected chi connectivity index (χ4v) is 3.08. The Morgan fingerprint density at radius 3 is 3.00 bits per heavy atom. The summed E-state index contributed by atoms with van der Waals surface area (Å²) >= 11 is 1.67. The average molecular weight is 252 g/mol. The lowest BCUT2D eigenvalue weighted by Gasteiger charge is -2.22. The van der Waals surface area contributed by atoms with Crippen LogP contribution >= 0.6 is 11.8 Å². The first kappa shape index (κ1) is 12.1. The number of anilines is 2. The first-order chi connectivity index (χ1) is 8.01. The third-order valence-electron chi connectivity index (χ3n) is 2.98. The van der Waals surface area contributed by atoms with Crippen molar-refractivity contribution >= 4 is 29.0 Å². The van der Waals surface area contributed by atoms with Crippen LogP contribution in [0.3, 0.4) is 0 Å². The van der Waals surface area contributed by atoms with E-state index in [1.165, 1.54) is 12.1 Å². The van der Waals surface area contributed by atoms with Crippen LogP contribution in [-0.4, -0.2) is 21.5 Å². The molecule has 1 saturated heterocycles. The molecule has 17 heavy (non-hydrogen) atoms. The van der Waals surface area contributed by atoms with Gasteiger partial charge in [-0.2, -0.15) is 0 Å². The van der Waals surface area contributed by atoms with E-state index >= 15 is 0 Å². The molecule has 1 heterocycles. The smallest absolute Gasteiger partial charge is 0.240 e. The van der Waals surface area contributed by atoms with Crippen molar-refractivity contribution in [1.82, 2.24) is 0 Å². The van der Waals surface area contributed by atoms with E-state index in [9.17, 15) is 9.90 Å². The Hall–Kier alpha value is -1.36. The number of rotatable bonds is 2. The van der Waals surface area contributed by atoms with Crippen LogP contribution in [0, 0.1) is 0 Å². The largest absolute Gasteiger partial charge is 0.508 e. The molecule has 2 rings (SSSR count). The van der Waals surface area contributed by atoms with Crippen molar-refractivity contribution in [2.45, 2.75) is 24.5 Å². The Balaban J connectivity index is 2.15. The van der Waals surface area contributed by atoms with E-state index in [4.69, 9.17) is 5.73 Å². The molecule has 0 saturated carbocycles. The number of phenols is 1. The zero-order valence-electron chi connectivity index (χ0n) is 9.69. The summed E-state index contributed by atoms with van der Waals surface area (Å²) in [5.41, 5.74) is 6.68. The summed E-state index contributed by atoms with van der Waals surface area (Å²) in [7, 11) is 0. The highest BCUT2D eigenvalue weighted by Gasteiger charge is 2.37. The van der Waals surface area contributed by atoms with Crippen LogP contribution < -0.4 is 11.1 Å². The summed E-state index contributed by atoms with van der Waals surface area (Å²) in [6.07, 6.45) is 1.94. The molecule has 1 fully saturated rings. The quantitative estimate of drug-likeness (QED) is 0.557. The normalized spacial score (nSPS) is 23.6. The second-order valence-corrected chi connectivity index (χ2v) is 6.01. The van der Waals surface area contributed by atoms with Crippen molar-refractivity contribution < 1.29 is 9.90 Å². The monoisotopic (exact) mass is 252 g/mol. The number of benzene rings is 1. The van der Waals surface area contributed by atoms with Crippen molar-refractivity contribution in [3.8, 4) is 5.75 Å². The van der Waals surface area contributed by atoms with E-state index in [1.807, 2.05) is 6.92 Å². The molecule has 1 unspecified atom stereocenters. The van der Waals surface area contributed by atoms with Crippen molar-refractivity contribution in [3.63, 3.8) is 0 Å². The van der Waals surface area contributed by atoms with Gasteiger partial charge in [0.15, 0.2) is 0 Å². The van der Waals surface area contributed by atoms with E-state index < -0.39 is 0 Å². The Morgan fingerprint density at radius 1 is 1.59 bits per heavy atom. The molecule has 1 amide bonds. The van der Waals surface area contributed by atoms with Gasteiger partial charge in [0, 0.05) is 6.07 Å². The van der Waals surface area contributed by atoms with Crippen LogP contribution in [0.1, 0.15) is 19.8 Å². The molecule has 1 aliphatic rings. The van der Waals surface area contributed by atoms with E-state index in [2.05, 4.69) is 5.32 Å². The predicted octanol–water partition coefficient (Wildman–Crippen LogP) is 2.20. The van der Waals surface area contributed by atoms with Gasteiger partial charge in [0.05, 0.1) is 16.1 Å².